The second-order valence-corrected chi connectivity index (χ2v) is 4.10. The zero-order valence-electron chi connectivity index (χ0n) is 8.76. The Bertz CT molecular complexity index is 192. The van der Waals surface area contributed by atoms with Crippen LogP contribution in [0.3, 0.4) is 0 Å². The number of aliphatic hydroxyl groups is 1. The van der Waals surface area contributed by atoms with Gasteiger partial charge in [0.15, 0.2) is 6.10 Å². The van der Waals surface area contributed by atoms with E-state index in [-0.39, 0.29) is 18.6 Å². The lowest BCUT2D eigenvalue weighted by molar-refractivity contribution is -0.215. The van der Waals surface area contributed by atoms with Gasteiger partial charge in [0, 0.05) is 6.61 Å². The quantitative estimate of drug-likeness (QED) is 0.798. The number of aliphatic hydroxyl groups excluding tert-OH is 1. The summed E-state index contributed by atoms with van der Waals surface area (Å²) < 4.78 is 40.8. The van der Waals surface area contributed by atoms with Crippen molar-refractivity contribution in [2.24, 2.45) is 5.92 Å². The Balaban J connectivity index is 2.16. The highest BCUT2D eigenvalue weighted by Crippen LogP contribution is 2.29. The maximum Gasteiger partial charge on any atom is 0.414 e. The zero-order chi connectivity index (χ0) is 11.5. The third-order valence-electron chi connectivity index (χ3n) is 2.94. The molecule has 15 heavy (non-hydrogen) atoms. The lowest BCUT2D eigenvalue weighted by Gasteiger charge is -2.19. The fraction of sp³-hybridized carbons (Fsp3) is 1.00. The van der Waals surface area contributed by atoms with Crippen molar-refractivity contribution >= 4 is 0 Å². The number of halogens is 3. The Morgan fingerprint density at radius 1 is 1.40 bits per heavy atom. The molecule has 1 saturated carbocycles. The van der Waals surface area contributed by atoms with Gasteiger partial charge >= 0.3 is 6.18 Å². The number of hydrogen-bond acceptors (Lipinski definition) is 2. The molecule has 0 aliphatic heterocycles. The number of alkyl halides is 3. The standard InChI is InChI=1S/C10H17F3O2/c1-7(10(11,12)13)15-6-5-8-3-2-4-9(8)14/h7-9,14H,2-6H2,1H3. The van der Waals surface area contributed by atoms with Crippen LogP contribution in [-0.2, 0) is 4.74 Å². The first kappa shape index (κ1) is 12.8. The summed E-state index contributed by atoms with van der Waals surface area (Å²) in [4.78, 5) is 0. The Hall–Kier alpha value is -0.290. The van der Waals surface area contributed by atoms with Gasteiger partial charge in [-0.1, -0.05) is 6.42 Å². The summed E-state index contributed by atoms with van der Waals surface area (Å²) in [6.45, 7) is 1.08. The molecule has 0 aromatic carbocycles. The summed E-state index contributed by atoms with van der Waals surface area (Å²) >= 11 is 0. The molecule has 2 nitrogen and oxygen atoms in total. The minimum absolute atomic E-state index is 0.0718. The van der Waals surface area contributed by atoms with Crippen molar-refractivity contribution in [2.45, 2.75) is 51.0 Å². The molecule has 1 aliphatic rings. The van der Waals surface area contributed by atoms with Crippen LogP contribution in [0.5, 0.6) is 0 Å². The number of hydrogen-bond donors (Lipinski definition) is 1. The van der Waals surface area contributed by atoms with Gasteiger partial charge < -0.3 is 9.84 Å². The summed E-state index contributed by atoms with van der Waals surface area (Å²) in [6, 6.07) is 0. The monoisotopic (exact) mass is 226 g/mol. The molecule has 1 N–H and O–H groups in total. The van der Waals surface area contributed by atoms with Crippen molar-refractivity contribution < 1.29 is 23.0 Å². The molecule has 3 unspecified atom stereocenters. The van der Waals surface area contributed by atoms with Crippen molar-refractivity contribution in [1.29, 1.82) is 0 Å². The zero-order valence-corrected chi connectivity index (χ0v) is 8.76. The maximum absolute atomic E-state index is 12.1. The number of ether oxygens (including phenoxy) is 1. The second-order valence-electron chi connectivity index (χ2n) is 4.10. The molecule has 1 aliphatic carbocycles. The smallest absolute Gasteiger partial charge is 0.393 e. The van der Waals surface area contributed by atoms with Gasteiger partial charge in [-0.15, -0.1) is 0 Å². The molecule has 5 heteroatoms. The Morgan fingerprint density at radius 2 is 2.07 bits per heavy atom. The SMILES string of the molecule is CC(OCCC1CCCC1O)C(F)(F)F. The summed E-state index contributed by atoms with van der Waals surface area (Å²) in [7, 11) is 0. The fourth-order valence-corrected chi connectivity index (χ4v) is 1.84. The largest absolute Gasteiger partial charge is 0.414 e. The van der Waals surface area contributed by atoms with E-state index in [0.717, 1.165) is 26.2 Å². The van der Waals surface area contributed by atoms with E-state index in [9.17, 15) is 18.3 Å². The molecule has 0 radical (unpaired) electrons. The van der Waals surface area contributed by atoms with E-state index >= 15 is 0 Å². The third kappa shape index (κ3) is 3.99. The molecular formula is C10H17F3O2. The first-order valence-electron chi connectivity index (χ1n) is 5.27. The molecule has 0 aromatic heterocycles. The molecule has 1 fully saturated rings. The van der Waals surface area contributed by atoms with E-state index in [4.69, 9.17) is 0 Å². The molecule has 0 amide bonds. The van der Waals surface area contributed by atoms with Gasteiger partial charge in [0.25, 0.3) is 0 Å². The van der Waals surface area contributed by atoms with E-state index in [0.29, 0.717) is 6.42 Å². The van der Waals surface area contributed by atoms with Gasteiger partial charge in [0.05, 0.1) is 6.10 Å². The fourth-order valence-electron chi connectivity index (χ4n) is 1.84. The molecule has 90 valence electrons. The first-order valence-corrected chi connectivity index (χ1v) is 5.27. The normalized spacial score (nSPS) is 29.4. The Labute approximate surface area is 87.4 Å². The summed E-state index contributed by atoms with van der Waals surface area (Å²) in [5.41, 5.74) is 0. The minimum atomic E-state index is -4.28. The third-order valence-corrected chi connectivity index (χ3v) is 2.94. The number of rotatable bonds is 4. The molecule has 0 heterocycles. The molecule has 0 bridgehead atoms. The van der Waals surface area contributed by atoms with Crippen LogP contribution in [0.1, 0.15) is 32.6 Å². The topological polar surface area (TPSA) is 29.5 Å². The predicted molar refractivity (Wildman–Crippen MR) is 49.4 cm³/mol. The Kier molecular flexibility index (Phi) is 4.40. The van der Waals surface area contributed by atoms with Crippen LogP contribution >= 0.6 is 0 Å². The minimum Gasteiger partial charge on any atom is -0.393 e. The second kappa shape index (κ2) is 5.16. The van der Waals surface area contributed by atoms with E-state index in [1.807, 2.05) is 0 Å². The average molecular weight is 226 g/mol. The van der Waals surface area contributed by atoms with Crippen LogP contribution in [0, 0.1) is 5.92 Å². The average Bonchev–Trinajstić information content (AvgIpc) is 2.50. The van der Waals surface area contributed by atoms with Crippen LogP contribution in [-0.4, -0.2) is 30.1 Å². The predicted octanol–water partition coefficient (Wildman–Crippen LogP) is 2.50. The lowest BCUT2D eigenvalue weighted by atomic mass is 10.0. The lowest BCUT2D eigenvalue weighted by Crippen LogP contribution is -2.29. The van der Waals surface area contributed by atoms with Gasteiger partial charge in [-0.2, -0.15) is 13.2 Å². The van der Waals surface area contributed by atoms with Crippen molar-refractivity contribution in [3.8, 4) is 0 Å². The van der Waals surface area contributed by atoms with Crippen LogP contribution < -0.4 is 0 Å². The van der Waals surface area contributed by atoms with Gasteiger partial charge in [-0.05, 0) is 32.1 Å². The van der Waals surface area contributed by atoms with Crippen molar-refractivity contribution in [1.82, 2.24) is 0 Å². The molecular weight excluding hydrogens is 209 g/mol. The van der Waals surface area contributed by atoms with Crippen LogP contribution in [0.15, 0.2) is 0 Å². The molecule has 0 spiro atoms. The highest BCUT2D eigenvalue weighted by atomic mass is 19.4. The molecule has 3 atom stereocenters. The van der Waals surface area contributed by atoms with Gasteiger partial charge in [0.2, 0.25) is 0 Å². The van der Waals surface area contributed by atoms with E-state index in [1.165, 1.54) is 0 Å². The van der Waals surface area contributed by atoms with E-state index < -0.39 is 12.3 Å². The summed E-state index contributed by atoms with van der Waals surface area (Å²) in [5, 5.41) is 9.44. The maximum atomic E-state index is 12.1. The van der Waals surface area contributed by atoms with E-state index in [2.05, 4.69) is 4.74 Å². The van der Waals surface area contributed by atoms with Crippen molar-refractivity contribution in [3.05, 3.63) is 0 Å². The van der Waals surface area contributed by atoms with Gasteiger partial charge in [-0.3, -0.25) is 0 Å². The van der Waals surface area contributed by atoms with Crippen LogP contribution in [0.25, 0.3) is 0 Å². The molecule has 0 aromatic rings. The van der Waals surface area contributed by atoms with Crippen LogP contribution in [0.2, 0.25) is 0 Å². The highest BCUT2D eigenvalue weighted by molar-refractivity contribution is 4.76. The van der Waals surface area contributed by atoms with E-state index in [1.54, 1.807) is 0 Å². The van der Waals surface area contributed by atoms with Crippen molar-refractivity contribution in [3.63, 3.8) is 0 Å². The Morgan fingerprint density at radius 3 is 2.53 bits per heavy atom. The highest BCUT2D eigenvalue weighted by Gasteiger charge is 2.37. The summed E-state index contributed by atoms with van der Waals surface area (Å²) in [5.74, 6) is 0.116. The van der Waals surface area contributed by atoms with Gasteiger partial charge in [0.1, 0.15) is 0 Å². The summed E-state index contributed by atoms with van der Waals surface area (Å²) in [6.07, 6.45) is -3.22. The molecule has 0 saturated heterocycles. The van der Waals surface area contributed by atoms with Gasteiger partial charge in [-0.25, -0.2) is 0 Å². The first-order chi connectivity index (χ1) is 6.91. The van der Waals surface area contributed by atoms with Crippen LogP contribution in [0.4, 0.5) is 13.2 Å². The molecule has 1 rings (SSSR count). The van der Waals surface area contributed by atoms with Crippen molar-refractivity contribution in [2.75, 3.05) is 6.61 Å².